The molecule has 0 saturated carbocycles. The molecular weight excluding hydrogens is 411 g/mol. The van der Waals surface area contributed by atoms with Gasteiger partial charge in [-0.05, 0) is 30.3 Å². The lowest BCUT2D eigenvalue weighted by molar-refractivity contribution is -0.111. The van der Waals surface area contributed by atoms with Crippen molar-refractivity contribution in [1.29, 1.82) is 0 Å². The van der Waals surface area contributed by atoms with Crippen molar-refractivity contribution in [3.63, 3.8) is 0 Å². The predicted octanol–water partition coefficient (Wildman–Crippen LogP) is 4.02. The lowest BCUT2D eigenvalue weighted by Crippen LogP contribution is -2.08. The van der Waals surface area contributed by atoms with E-state index in [1.54, 1.807) is 48.8 Å². The average Bonchev–Trinajstić information content (AvgIpc) is 3.21. The molecule has 10 heteroatoms. The molecule has 0 radical (unpaired) electrons. The van der Waals surface area contributed by atoms with Crippen LogP contribution in [-0.4, -0.2) is 30.6 Å². The summed E-state index contributed by atoms with van der Waals surface area (Å²) >= 11 is 0. The number of nitrogens with zero attached hydrogens (tertiary/aromatic N) is 5. The molecule has 3 heterocycles. The van der Waals surface area contributed by atoms with E-state index < -0.39 is 11.7 Å². The number of carbonyl (C=O) groups is 1. The first-order valence-corrected chi connectivity index (χ1v) is 9.55. The number of nitrogens with one attached hydrogen (secondary N) is 3. The molecule has 0 fully saturated rings. The summed E-state index contributed by atoms with van der Waals surface area (Å²) in [4.78, 5) is 24.6. The number of hydrogen-bond acceptors (Lipinski definition) is 7. The largest absolute Gasteiger partial charge is 0.337 e. The normalized spacial score (nSPS) is 10.4. The van der Waals surface area contributed by atoms with E-state index in [4.69, 9.17) is 0 Å². The Bertz CT molecular complexity index is 1270. The quantitative estimate of drug-likeness (QED) is 0.380. The minimum absolute atomic E-state index is 0.128. The van der Waals surface area contributed by atoms with Crippen LogP contribution in [0.15, 0.2) is 74.0 Å². The molecule has 1 aromatic carbocycles. The van der Waals surface area contributed by atoms with Gasteiger partial charge in [-0.3, -0.25) is 14.5 Å². The Morgan fingerprint density at radius 2 is 2.03 bits per heavy atom. The van der Waals surface area contributed by atoms with E-state index in [-0.39, 0.29) is 5.69 Å². The zero-order valence-corrected chi connectivity index (χ0v) is 17.1. The zero-order chi connectivity index (χ0) is 22.5. The highest BCUT2D eigenvalue weighted by Crippen LogP contribution is 2.31. The van der Waals surface area contributed by atoms with E-state index in [2.05, 4.69) is 42.6 Å². The van der Waals surface area contributed by atoms with Crippen molar-refractivity contribution in [3.8, 4) is 11.1 Å². The molecule has 0 aliphatic rings. The van der Waals surface area contributed by atoms with Gasteiger partial charge in [-0.25, -0.2) is 9.37 Å². The Morgan fingerprint density at radius 3 is 2.75 bits per heavy atom. The average molecular weight is 430 g/mol. The molecular formula is C22H19FN8O. The van der Waals surface area contributed by atoms with E-state index >= 15 is 0 Å². The van der Waals surface area contributed by atoms with E-state index in [9.17, 15) is 9.18 Å². The van der Waals surface area contributed by atoms with E-state index in [1.807, 2.05) is 6.07 Å². The second-order valence-corrected chi connectivity index (χ2v) is 6.74. The van der Waals surface area contributed by atoms with Crippen molar-refractivity contribution in [3.05, 3.63) is 79.8 Å². The lowest BCUT2D eigenvalue weighted by Gasteiger charge is -2.14. The third-order valence-corrected chi connectivity index (χ3v) is 4.39. The molecule has 3 aromatic heterocycles. The second-order valence-electron chi connectivity index (χ2n) is 6.74. The fourth-order valence-corrected chi connectivity index (χ4v) is 2.91. The molecule has 0 bridgehead atoms. The molecule has 4 aromatic rings. The van der Waals surface area contributed by atoms with Gasteiger partial charge in [-0.2, -0.15) is 10.1 Å². The minimum Gasteiger partial charge on any atom is -0.337 e. The number of amides is 1. The smallest absolute Gasteiger partial charge is 0.247 e. The number of carbonyl (C=O) groups excluding carboxylic acids is 1. The Hall–Kier alpha value is -4.60. The molecule has 0 spiro atoms. The van der Waals surface area contributed by atoms with Gasteiger partial charge in [0.25, 0.3) is 0 Å². The second kappa shape index (κ2) is 9.04. The van der Waals surface area contributed by atoms with Gasteiger partial charge in [-0.1, -0.05) is 12.6 Å². The van der Waals surface area contributed by atoms with Crippen molar-refractivity contribution < 1.29 is 9.18 Å². The van der Waals surface area contributed by atoms with Crippen LogP contribution in [0.5, 0.6) is 0 Å². The summed E-state index contributed by atoms with van der Waals surface area (Å²) in [5.74, 6) is -0.266. The zero-order valence-electron chi connectivity index (χ0n) is 17.1. The highest BCUT2D eigenvalue weighted by molar-refractivity contribution is 5.99. The van der Waals surface area contributed by atoms with Gasteiger partial charge in [-0.15, -0.1) is 0 Å². The van der Waals surface area contributed by atoms with Gasteiger partial charge in [0.05, 0.1) is 17.6 Å². The monoisotopic (exact) mass is 430 g/mol. The predicted molar refractivity (Wildman–Crippen MR) is 120 cm³/mol. The first kappa shape index (κ1) is 20.7. The fraction of sp³-hybridized carbons (Fsp3) is 0.0455. The minimum atomic E-state index is -0.515. The standard InChI is InChI=1S/C22H19FN8O/c1-3-20(32)27-15-6-7-18(23)19(9-15)29-21-17(14-5-4-8-24-10-14)12-25-22(30-21)28-16-11-26-31(2)13-16/h3-13H,1H2,2H3,(H,27,32)(H2,25,28,29,30). The number of benzene rings is 1. The highest BCUT2D eigenvalue weighted by atomic mass is 19.1. The number of aromatic nitrogens is 5. The van der Waals surface area contributed by atoms with Crippen molar-refractivity contribution in [2.45, 2.75) is 0 Å². The van der Waals surface area contributed by atoms with Crippen LogP contribution in [0.25, 0.3) is 11.1 Å². The summed E-state index contributed by atoms with van der Waals surface area (Å²) in [6.45, 7) is 3.42. The molecule has 4 rings (SSSR count). The van der Waals surface area contributed by atoms with Gasteiger partial charge >= 0.3 is 0 Å². The summed E-state index contributed by atoms with van der Waals surface area (Å²) in [5.41, 5.74) is 2.61. The number of anilines is 5. The van der Waals surface area contributed by atoms with Gasteiger partial charge < -0.3 is 16.0 Å². The Labute approximate surface area is 183 Å². The van der Waals surface area contributed by atoms with E-state index in [1.165, 1.54) is 18.2 Å². The van der Waals surface area contributed by atoms with Crippen LogP contribution in [0.1, 0.15) is 0 Å². The van der Waals surface area contributed by atoms with Crippen LogP contribution < -0.4 is 16.0 Å². The van der Waals surface area contributed by atoms with Gasteiger partial charge in [0, 0.05) is 48.6 Å². The first-order chi connectivity index (χ1) is 15.5. The maximum absolute atomic E-state index is 14.6. The van der Waals surface area contributed by atoms with Gasteiger partial charge in [0.1, 0.15) is 11.6 Å². The van der Waals surface area contributed by atoms with Crippen molar-refractivity contribution in [2.24, 2.45) is 7.05 Å². The van der Waals surface area contributed by atoms with Crippen LogP contribution in [-0.2, 0) is 11.8 Å². The van der Waals surface area contributed by atoms with Crippen LogP contribution >= 0.6 is 0 Å². The molecule has 0 aliphatic carbocycles. The summed E-state index contributed by atoms with van der Waals surface area (Å²) in [7, 11) is 1.80. The van der Waals surface area contributed by atoms with Crippen molar-refractivity contribution >= 4 is 34.7 Å². The van der Waals surface area contributed by atoms with Crippen LogP contribution in [0, 0.1) is 5.82 Å². The number of hydrogen-bond donors (Lipinski definition) is 3. The maximum Gasteiger partial charge on any atom is 0.247 e. The molecule has 3 N–H and O–H groups in total. The highest BCUT2D eigenvalue weighted by Gasteiger charge is 2.14. The number of aryl methyl sites for hydroxylation is 1. The van der Waals surface area contributed by atoms with Crippen LogP contribution in [0.2, 0.25) is 0 Å². The van der Waals surface area contributed by atoms with Gasteiger partial charge in [0.15, 0.2) is 0 Å². The first-order valence-electron chi connectivity index (χ1n) is 9.55. The lowest BCUT2D eigenvalue weighted by atomic mass is 10.1. The third-order valence-electron chi connectivity index (χ3n) is 4.39. The SMILES string of the molecule is C=CC(=O)Nc1ccc(F)c(Nc2nc(Nc3cnn(C)c3)ncc2-c2cccnc2)c1. The third kappa shape index (κ3) is 4.75. The van der Waals surface area contributed by atoms with E-state index in [0.717, 1.165) is 11.6 Å². The molecule has 0 aliphatic heterocycles. The van der Waals surface area contributed by atoms with Crippen LogP contribution in [0.4, 0.5) is 33.2 Å². The Balaban J connectivity index is 1.72. The van der Waals surface area contributed by atoms with Crippen molar-refractivity contribution in [2.75, 3.05) is 16.0 Å². The number of halogens is 1. The fourth-order valence-electron chi connectivity index (χ4n) is 2.91. The summed E-state index contributed by atoms with van der Waals surface area (Å²) in [5, 5.41) is 12.8. The molecule has 0 unspecified atom stereocenters. The van der Waals surface area contributed by atoms with Gasteiger partial charge in [0.2, 0.25) is 11.9 Å². The summed E-state index contributed by atoms with van der Waals surface area (Å²) in [6.07, 6.45) is 9.48. The molecule has 9 nitrogen and oxygen atoms in total. The Kier molecular flexibility index (Phi) is 5.84. The molecule has 0 saturated heterocycles. The van der Waals surface area contributed by atoms with Crippen molar-refractivity contribution in [1.82, 2.24) is 24.7 Å². The number of pyridine rings is 1. The topological polar surface area (TPSA) is 110 Å². The Morgan fingerprint density at radius 1 is 1.16 bits per heavy atom. The maximum atomic E-state index is 14.6. The molecule has 0 atom stereocenters. The summed E-state index contributed by atoms with van der Waals surface area (Å²) in [6, 6.07) is 7.81. The van der Waals surface area contributed by atoms with Crippen LogP contribution in [0.3, 0.4) is 0 Å². The van der Waals surface area contributed by atoms with E-state index in [0.29, 0.717) is 28.7 Å². The molecule has 32 heavy (non-hydrogen) atoms. The summed E-state index contributed by atoms with van der Waals surface area (Å²) < 4.78 is 16.2. The molecule has 1 amide bonds. The number of rotatable bonds is 7. The molecule has 160 valence electrons.